The summed E-state index contributed by atoms with van der Waals surface area (Å²) >= 11 is 0. The van der Waals surface area contributed by atoms with E-state index >= 15 is 0 Å². The van der Waals surface area contributed by atoms with Gasteiger partial charge in [-0.15, -0.1) is 0 Å². The SMILES string of the molecule is N#Cc1cccc2c1C1C=CC2N2C(=O)N(Cc3ccccc3)N(Cc3ccccc3)C(=O)N12. The number of nitriles is 1. The molecule has 0 saturated carbocycles. The van der Waals surface area contributed by atoms with Gasteiger partial charge in [-0.25, -0.2) is 29.6 Å². The van der Waals surface area contributed by atoms with Crippen molar-refractivity contribution in [1.82, 2.24) is 20.0 Å². The van der Waals surface area contributed by atoms with Crippen LogP contribution in [0, 0.1) is 11.3 Å². The minimum atomic E-state index is -0.510. The lowest BCUT2D eigenvalue weighted by atomic mass is 9.83. The van der Waals surface area contributed by atoms with Crippen molar-refractivity contribution in [3.63, 3.8) is 0 Å². The maximum Gasteiger partial charge on any atom is 0.359 e. The van der Waals surface area contributed by atoms with E-state index in [1.165, 1.54) is 15.0 Å². The fraction of sp³-hybridized carbons (Fsp3) is 0.148. The van der Waals surface area contributed by atoms with Crippen LogP contribution in [0.15, 0.2) is 91.0 Å². The molecule has 2 atom stereocenters. The second-order valence-corrected chi connectivity index (χ2v) is 8.54. The van der Waals surface area contributed by atoms with E-state index in [1.807, 2.05) is 84.9 Å². The Kier molecular flexibility index (Phi) is 4.59. The summed E-state index contributed by atoms with van der Waals surface area (Å²) in [5, 5.41) is 15.8. The molecule has 4 aliphatic rings. The van der Waals surface area contributed by atoms with E-state index in [4.69, 9.17) is 0 Å². The molecule has 1 aliphatic carbocycles. The average Bonchev–Trinajstić information content (AvgIpc) is 2.90. The highest BCUT2D eigenvalue weighted by Gasteiger charge is 2.53. The zero-order valence-electron chi connectivity index (χ0n) is 18.3. The number of carbonyl (C=O) groups is 2. The molecule has 1 fully saturated rings. The van der Waals surface area contributed by atoms with E-state index in [-0.39, 0.29) is 25.2 Å². The normalized spacial score (nSPS) is 20.3. The summed E-state index contributed by atoms with van der Waals surface area (Å²) in [4.78, 5) is 28.0. The number of hydrazine groups is 2. The Hall–Kier alpha value is -4.57. The van der Waals surface area contributed by atoms with Gasteiger partial charge in [0.1, 0.15) is 6.04 Å². The minimum absolute atomic E-state index is 0.260. The van der Waals surface area contributed by atoms with Gasteiger partial charge in [0, 0.05) is 5.56 Å². The molecular weight excluding hydrogens is 426 g/mol. The molecule has 3 aromatic rings. The van der Waals surface area contributed by atoms with Gasteiger partial charge in [-0.2, -0.15) is 5.26 Å². The van der Waals surface area contributed by atoms with Crippen LogP contribution in [0.3, 0.4) is 0 Å². The van der Waals surface area contributed by atoms with Crippen molar-refractivity contribution in [3.8, 4) is 6.07 Å². The van der Waals surface area contributed by atoms with E-state index < -0.39 is 12.1 Å². The standard InChI is InChI=1S/C27H21N5O2/c28-16-21-12-7-13-22-23-14-15-24(25(21)22)32-27(34)30(18-20-10-5-2-6-11-20)29(26(33)31(23)32)17-19-8-3-1-4-9-19/h1-15,23-24H,17-18H2. The summed E-state index contributed by atoms with van der Waals surface area (Å²) in [5.41, 5.74) is 4.07. The van der Waals surface area contributed by atoms with Gasteiger partial charge in [0.15, 0.2) is 0 Å². The second-order valence-electron chi connectivity index (χ2n) is 8.54. The van der Waals surface area contributed by atoms with Crippen molar-refractivity contribution < 1.29 is 9.59 Å². The number of urea groups is 2. The van der Waals surface area contributed by atoms with Crippen LogP contribution in [0.5, 0.6) is 0 Å². The number of amides is 4. The molecule has 0 N–H and O–H groups in total. The quantitative estimate of drug-likeness (QED) is 0.533. The number of hydrogen-bond donors (Lipinski definition) is 0. The van der Waals surface area contributed by atoms with Gasteiger partial charge in [0.2, 0.25) is 0 Å². The van der Waals surface area contributed by atoms with E-state index in [0.717, 1.165) is 22.3 Å². The van der Waals surface area contributed by atoms with E-state index in [9.17, 15) is 14.9 Å². The highest BCUT2D eigenvalue weighted by atomic mass is 16.2. The largest absolute Gasteiger partial charge is 0.359 e. The van der Waals surface area contributed by atoms with Gasteiger partial charge in [0.25, 0.3) is 0 Å². The molecule has 166 valence electrons. The van der Waals surface area contributed by atoms with Crippen LogP contribution in [0.2, 0.25) is 0 Å². The molecule has 1 saturated heterocycles. The molecule has 0 spiro atoms. The Bertz CT molecular complexity index is 1350. The molecule has 7 rings (SSSR count). The maximum atomic E-state index is 14.0. The Balaban J connectivity index is 1.45. The number of nitrogens with zero attached hydrogens (tertiary/aromatic N) is 5. The van der Waals surface area contributed by atoms with Crippen molar-refractivity contribution in [2.24, 2.45) is 0 Å². The molecular formula is C27H21N5O2. The average molecular weight is 447 g/mol. The third kappa shape index (κ3) is 2.96. The maximum absolute atomic E-state index is 14.0. The number of hydrogen-bond acceptors (Lipinski definition) is 3. The fourth-order valence-corrected chi connectivity index (χ4v) is 5.05. The molecule has 2 bridgehead atoms. The van der Waals surface area contributed by atoms with Crippen molar-refractivity contribution in [1.29, 1.82) is 5.26 Å². The molecule has 3 aromatic carbocycles. The van der Waals surface area contributed by atoms with Gasteiger partial charge in [-0.3, -0.25) is 0 Å². The van der Waals surface area contributed by atoms with Crippen LogP contribution in [0.25, 0.3) is 0 Å². The second kappa shape index (κ2) is 7.78. The summed E-state index contributed by atoms with van der Waals surface area (Å²) in [5.74, 6) is 0. The van der Waals surface area contributed by atoms with E-state index in [0.29, 0.717) is 5.56 Å². The number of rotatable bonds is 4. The molecule has 7 heteroatoms. The lowest BCUT2D eigenvalue weighted by molar-refractivity contribution is -0.117. The monoisotopic (exact) mass is 447 g/mol. The molecule has 7 nitrogen and oxygen atoms in total. The van der Waals surface area contributed by atoms with Crippen LogP contribution < -0.4 is 0 Å². The minimum Gasteiger partial charge on any atom is -0.244 e. The van der Waals surface area contributed by atoms with Crippen LogP contribution in [-0.2, 0) is 13.1 Å². The number of benzene rings is 3. The molecule has 0 aromatic heterocycles. The zero-order valence-corrected chi connectivity index (χ0v) is 18.3. The summed E-state index contributed by atoms with van der Waals surface area (Å²) in [6, 6.07) is 25.6. The lowest BCUT2D eigenvalue weighted by Crippen LogP contribution is -2.71. The van der Waals surface area contributed by atoms with Crippen LogP contribution in [0.1, 0.15) is 39.9 Å². The van der Waals surface area contributed by atoms with Gasteiger partial charge in [0.05, 0.1) is 30.8 Å². The zero-order chi connectivity index (χ0) is 23.2. The summed E-state index contributed by atoms with van der Waals surface area (Å²) < 4.78 is 0. The Labute approximate surface area is 197 Å². The van der Waals surface area contributed by atoms with E-state index in [2.05, 4.69) is 6.07 Å². The van der Waals surface area contributed by atoms with Crippen LogP contribution >= 0.6 is 0 Å². The Morgan fingerprint density at radius 3 is 1.76 bits per heavy atom. The summed E-state index contributed by atoms with van der Waals surface area (Å²) in [6.07, 6.45) is 3.87. The highest BCUT2D eigenvalue weighted by molar-refractivity contribution is 5.88. The lowest BCUT2D eigenvalue weighted by Gasteiger charge is -2.57. The molecule has 2 unspecified atom stereocenters. The van der Waals surface area contributed by atoms with Crippen molar-refractivity contribution in [3.05, 3.63) is 119 Å². The Morgan fingerprint density at radius 2 is 1.21 bits per heavy atom. The van der Waals surface area contributed by atoms with Crippen molar-refractivity contribution in [2.45, 2.75) is 25.2 Å². The van der Waals surface area contributed by atoms with Gasteiger partial charge in [-0.05, 0) is 22.8 Å². The van der Waals surface area contributed by atoms with Gasteiger partial charge < -0.3 is 0 Å². The highest BCUT2D eigenvalue weighted by Crippen LogP contribution is 2.49. The molecule has 0 radical (unpaired) electrons. The first-order valence-electron chi connectivity index (χ1n) is 11.2. The molecule has 3 heterocycles. The number of carbonyl (C=O) groups excluding carboxylic acids is 2. The Morgan fingerprint density at radius 1 is 0.676 bits per heavy atom. The smallest absolute Gasteiger partial charge is 0.244 e. The first kappa shape index (κ1) is 20.1. The predicted octanol–water partition coefficient (Wildman–Crippen LogP) is 4.92. The summed E-state index contributed by atoms with van der Waals surface area (Å²) in [7, 11) is 0. The van der Waals surface area contributed by atoms with Gasteiger partial charge >= 0.3 is 12.1 Å². The summed E-state index contributed by atoms with van der Waals surface area (Å²) in [6.45, 7) is 0.533. The molecule has 34 heavy (non-hydrogen) atoms. The fourth-order valence-electron chi connectivity index (χ4n) is 5.05. The van der Waals surface area contributed by atoms with Gasteiger partial charge in [-0.1, -0.05) is 84.9 Å². The van der Waals surface area contributed by atoms with Crippen LogP contribution in [0.4, 0.5) is 9.59 Å². The first-order chi connectivity index (χ1) is 16.7. The van der Waals surface area contributed by atoms with E-state index in [1.54, 1.807) is 11.1 Å². The molecule has 4 amide bonds. The first-order valence-corrected chi connectivity index (χ1v) is 11.2. The van der Waals surface area contributed by atoms with Crippen LogP contribution in [-0.4, -0.2) is 32.1 Å². The topological polar surface area (TPSA) is 70.9 Å². The predicted molar refractivity (Wildman–Crippen MR) is 124 cm³/mol. The van der Waals surface area contributed by atoms with Crippen molar-refractivity contribution in [2.75, 3.05) is 0 Å². The molecule has 3 aliphatic heterocycles. The third-order valence-electron chi connectivity index (χ3n) is 6.58. The third-order valence-corrected chi connectivity index (χ3v) is 6.58. The van der Waals surface area contributed by atoms with Crippen molar-refractivity contribution >= 4 is 12.1 Å².